The molecular weight excluding hydrogens is 481 g/mol. The molecule has 3 rings (SSSR count). The topological polar surface area (TPSA) is 69.0 Å². The van der Waals surface area contributed by atoms with Crippen molar-refractivity contribution < 1.29 is 22.7 Å². The third kappa shape index (κ3) is 8.33. The second kappa shape index (κ2) is 11.4. The highest BCUT2D eigenvalue weighted by Crippen LogP contribution is 2.33. The van der Waals surface area contributed by atoms with Crippen LogP contribution in [0.3, 0.4) is 0 Å². The maximum absolute atomic E-state index is 13.3. The van der Waals surface area contributed by atoms with Crippen molar-refractivity contribution in [3.63, 3.8) is 0 Å². The van der Waals surface area contributed by atoms with Gasteiger partial charge in [0, 0.05) is 17.7 Å². The van der Waals surface area contributed by atoms with E-state index < -0.39 is 11.7 Å². The molecule has 1 aromatic heterocycles. The van der Waals surface area contributed by atoms with E-state index in [1.54, 1.807) is 30.3 Å². The molecule has 0 spiro atoms. The molecule has 0 fully saturated rings. The molecule has 0 aliphatic carbocycles. The fourth-order valence-electron chi connectivity index (χ4n) is 4.13. The van der Waals surface area contributed by atoms with Gasteiger partial charge in [-0.05, 0) is 60.1 Å². The van der Waals surface area contributed by atoms with Crippen molar-refractivity contribution in [2.24, 2.45) is 17.3 Å². The number of amides is 1. The molecule has 1 heterocycles. The summed E-state index contributed by atoms with van der Waals surface area (Å²) in [5.74, 6) is 0.614. The number of nitrogens with one attached hydrogen (secondary N) is 1. The van der Waals surface area contributed by atoms with Gasteiger partial charge in [-0.15, -0.1) is 5.10 Å². The van der Waals surface area contributed by atoms with Crippen molar-refractivity contribution >= 4 is 11.6 Å². The number of aromatic nitrogens is 3. The van der Waals surface area contributed by atoms with E-state index in [0.717, 1.165) is 18.6 Å². The van der Waals surface area contributed by atoms with Crippen LogP contribution in [0.4, 0.5) is 18.9 Å². The standard InChI is InChI=1S/C28H35F3N4O2/c1-18(2)17-37-26-33-25(20-8-7-9-21(15-20)28(29,30)31)35(34-26)23-12-10-22(11-13-23)32-24(36)14-19(3)16-27(4,5)6/h7-13,15,18-19H,14,16-17H2,1-6H3,(H,32,36). The Morgan fingerprint density at radius 3 is 2.32 bits per heavy atom. The Labute approximate surface area is 216 Å². The summed E-state index contributed by atoms with van der Waals surface area (Å²) in [5, 5.41) is 7.31. The highest BCUT2D eigenvalue weighted by Gasteiger charge is 2.31. The Kier molecular flexibility index (Phi) is 8.66. The molecule has 0 saturated carbocycles. The van der Waals surface area contributed by atoms with Gasteiger partial charge in [-0.25, -0.2) is 4.68 Å². The van der Waals surface area contributed by atoms with Crippen LogP contribution in [0.1, 0.15) is 59.9 Å². The molecule has 6 nitrogen and oxygen atoms in total. The van der Waals surface area contributed by atoms with E-state index in [2.05, 4.69) is 43.1 Å². The summed E-state index contributed by atoms with van der Waals surface area (Å²) in [6.07, 6.45) is -3.13. The van der Waals surface area contributed by atoms with Crippen LogP contribution in [0.25, 0.3) is 17.1 Å². The molecule has 0 aliphatic rings. The van der Waals surface area contributed by atoms with E-state index in [-0.39, 0.29) is 40.6 Å². The number of anilines is 1. The summed E-state index contributed by atoms with van der Waals surface area (Å²) < 4.78 is 47.1. The number of hydrogen-bond acceptors (Lipinski definition) is 4. The van der Waals surface area contributed by atoms with Crippen molar-refractivity contribution in [3.05, 3.63) is 54.1 Å². The zero-order chi connectivity index (χ0) is 27.4. The second-order valence-electron chi connectivity index (χ2n) is 11.1. The van der Waals surface area contributed by atoms with Crippen LogP contribution in [-0.2, 0) is 11.0 Å². The summed E-state index contributed by atoms with van der Waals surface area (Å²) >= 11 is 0. The van der Waals surface area contributed by atoms with E-state index in [4.69, 9.17) is 4.74 Å². The molecule has 1 N–H and O–H groups in total. The summed E-state index contributed by atoms with van der Waals surface area (Å²) in [5.41, 5.74) is 0.816. The maximum atomic E-state index is 13.3. The Morgan fingerprint density at radius 1 is 1.05 bits per heavy atom. The van der Waals surface area contributed by atoms with E-state index in [1.807, 2.05) is 13.8 Å². The minimum absolute atomic E-state index is 0.0701. The fraction of sp³-hybridized carbons (Fsp3) is 0.464. The van der Waals surface area contributed by atoms with Crippen LogP contribution in [0.15, 0.2) is 48.5 Å². The van der Waals surface area contributed by atoms with Crippen LogP contribution >= 0.6 is 0 Å². The van der Waals surface area contributed by atoms with Crippen LogP contribution in [0.5, 0.6) is 6.01 Å². The normalized spacial score (nSPS) is 13.0. The Bertz CT molecular complexity index is 1200. The summed E-state index contributed by atoms with van der Waals surface area (Å²) in [6.45, 7) is 12.8. The molecule has 0 aliphatic heterocycles. The van der Waals surface area contributed by atoms with E-state index in [9.17, 15) is 18.0 Å². The van der Waals surface area contributed by atoms with Gasteiger partial charge in [0.05, 0.1) is 17.9 Å². The highest BCUT2D eigenvalue weighted by molar-refractivity contribution is 5.90. The quantitative estimate of drug-likeness (QED) is 0.322. The lowest BCUT2D eigenvalue weighted by atomic mass is 9.84. The molecule has 1 atom stereocenters. The van der Waals surface area contributed by atoms with Crippen molar-refractivity contribution in [3.8, 4) is 23.1 Å². The first-order valence-electron chi connectivity index (χ1n) is 12.4. The lowest BCUT2D eigenvalue weighted by Gasteiger charge is -2.22. The van der Waals surface area contributed by atoms with Crippen LogP contribution in [0, 0.1) is 17.3 Å². The van der Waals surface area contributed by atoms with E-state index in [1.165, 1.54) is 10.7 Å². The van der Waals surface area contributed by atoms with Crippen molar-refractivity contribution in [1.29, 1.82) is 0 Å². The minimum Gasteiger partial charge on any atom is -0.462 e. The molecule has 200 valence electrons. The van der Waals surface area contributed by atoms with Gasteiger partial charge in [0.1, 0.15) is 0 Å². The lowest BCUT2D eigenvalue weighted by Crippen LogP contribution is -2.18. The highest BCUT2D eigenvalue weighted by atomic mass is 19.4. The zero-order valence-electron chi connectivity index (χ0n) is 22.2. The molecule has 0 bridgehead atoms. The van der Waals surface area contributed by atoms with Crippen LogP contribution < -0.4 is 10.1 Å². The molecule has 3 aromatic rings. The number of halogens is 3. The van der Waals surface area contributed by atoms with Gasteiger partial charge in [-0.3, -0.25) is 4.79 Å². The third-order valence-electron chi connectivity index (χ3n) is 5.47. The monoisotopic (exact) mass is 516 g/mol. The largest absolute Gasteiger partial charge is 0.462 e. The van der Waals surface area contributed by atoms with Gasteiger partial charge < -0.3 is 10.1 Å². The van der Waals surface area contributed by atoms with Crippen molar-refractivity contribution in [2.75, 3.05) is 11.9 Å². The van der Waals surface area contributed by atoms with Crippen LogP contribution in [0.2, 0.25) is 0 Å². The maximum Gasteiger partial charge on any atom is 0.416 e. The number of rotatable bonds is 9. The number of ether oxygens (including phenoxy) is 1. The lowest BCUT2D eigenvalue weighted by molar-refractivity contribution is -0.137. The Hall–Kier alpha value is -3.36. The fourth-order valence-corrected chi connectivity index (χ4v) is 4.13. The Morgan fingerprint density at radius 2 is 1.73 bits per heavy atom. The molecule has 0 radical (unpaired) electrons. The number of nitrogens with zero attached hydrogens (tertiary/aromatic N) is 3. The number of carbonyl (C=O) groups is 1. The smallest absolute Gasteiger partial charge is 0.416 e. The van der Waals surface area contributed by atoms with E-state index in [0.29, 0.717) is 24.4 Å². The molecule has 1 amide bonds. The average molecular weight is 517 g/mol. The first kappa shape index (κ1) is 28.2. The molecular formula is C28H35F3N4O2. The number of carbonyl (C=O) groups excluding carboxylic acids is 1. The zero-order valence-corrected chi connectivity index (χ0v) is 22.2. The first-order valence-corrected chi connectivity index (χ1v) is 12.4. The average Bonchev–Trinajstić information content (AvgIpc) is 3.20. The molecule has 9 heteroatoms. The van der Waals surface area contributed by atoms with Gasteiger partial charge in [0.25, 0.3) is 0 Å². The number of benzene rings is 2. The van der Waals surface area contributed by atoms with E-state index >= 15 is 0 Å². The van der Waals surface area contributed by atoms with Gasteiger partial charge in [-0.1, -0.05) is 53.7 Å². The first-order chi connectivity index (χ1) is 17.2. The predicted octanol–water partition coefficient (Wildman–Crippen LogP) is 7.39. The molecule has 1 unspecified atom stereocenters. The number of hydrogen-bond donors (Lipinski definition) is 1. The Balaban J connectivity index is 1.85. The van der Waals surface area contributed by atoms with Crippen LogP contribution in [-0.4, -0.2) is 27.3 Å². The van der Waals surface area contributed by atoms with Gasteiger partial charge in [0.15, 0.2) is 5.82 Å². The molecule has 37 heavy (non-hydrogen) atoms. The van der Waals surface area contributed by atoms with Crippen molar-refractivity contribution in [2.45, 2.75) is 60.6 Å². The molecule has 2 aromatic carbocycles. The number of alkyl halides is 3. The molecule has 0 saturated heterocycles. The predicted molar refractivity (Wildman–Crippen MR) is 139 cm³/mol. The van der Waals surface area contributed by atoms with Crippen molar-refractivity contribution in [1.82, 2.24) is 14.8 Å². The third-order valence-corrected chi connectivity index (χ3v) is 5.47. The summed E-state index contributed by atoms with van der Waals surface area (Å²) in [6, 6.07) is 11.9. The van der Waals surface area contributed by atoms with Gasteiger partial charge >= 0.3 is 12.2 Å². The summed E-state index contributed by atoms with van der Waals surface area (Å²) in [7, 11) is 0. The van der Waals surface area contributed by atoms with Gasteiger partial charge in [-0.2, -0.15) is 18.2 Å². The SMILES string of the molecule is CC(C)COc1nc(-c2cccc(C(F)(F)F)c2)n(-c2ccc(NC(=O)CC(C)CC(C)(C)C)cc2)n1. The second-order valence-corrected chi connectivity index (χ2v) is 11.1. The minimum atomic E-state index is -4.48. The van der Waals surface area contributed by atoms with Gasteiger partial charge in [0.2, 0.25) is 5.91 Å². The summed E-state index contributed by atoms with van der Waals surface area (Å²) in [4.78, 5) is 16.9.